The van der Waals surface area contributed by atoms with Crippen molar-refractivity contribution >= 4 is 34.7 Å². The molecule has 0 atom stereocenters. The highest BCUT2D eigenvalue weighted by atomic mass is 32.2. The van der Waals surface area contributed by atoms with Gasteiger partial charge in [-0.2, -0.15) is 11.8 Å². The van der Waals surface area contributed by atoms with Crippen molar-refractivity contribution in [3.8, 4) is 0 Å². The van der Waals surface area contributed by atoms with Gasteiger partial charge in [0.05, 0.1) is 0 Å². The Kier molecular flexibility index (Phi) is 19.9. The summed E-state index contributed by atoms with van der Waals surface area (Å²) in [7, 11) is 0. The molecule has 33 heavy (non-hydrogen) atoms. The van der Waals surface area contributed by atoms with Crippen molar-refractivity contribution in [2.75, 3.05) is 56.8 Å². The molecular weight excluding hydrogens is 448 g/mol. The van der Waals surface area contributed by atoms with Crippen LogP contribution in [0.2, 0.25) is 0 Å². The van der Waals surface area contributed by atoms with Crippen LogP contribution in [0.1, 0.15) is 82.8 Å². The van der Waals surface area contributed by atoms with Gasteiger partial charge in [-0.05, 0) is 62.2 Å². The van der Waals surface area contributed by atoms with E-state index in [1.165, 1.54) is 43.4 Å². The molecule has 6 heteroatoms. The van der Waals surface area contributed by atoms with Crippen molar-refractivity contribution in [3.63, 3.8) is 0 Å². The third-order valence-corrected chi connectivity index (χ3v) is 6.64. The van der Waals surface area contributed by atoms with Crippen LogP contribution < -0.4 is 10.6 Å². The molecule has 0 aliphatic carbocycles. The van der Waals surface area contributed by atoms with Gasteiger partial charge in [0.1, 0.15) is 4.99 Å². The van der Waals surface area contributed by atoms with E-state index in [4.69, 9.17) is 21.7 Å². The summed E-state index contributed by atoms with van der Waals surface area (Å²) in [6.07, 6.45) is 13.9. The van der Waals surface area contributed by atoms with Gasteiger partial charge in [-0.15, -0.1) is 0 Å². The smallest absolute Gasteiger partial charge is 0.106 e. The number of anilines is 1. The minimum absolute atomic E-state index is 0.798. The molecule has 0 saturated carbocycles. The number of hydrogen-bond donors (Lipinski definition) is 2. The highest BCUT2D eigenvalue weighted by Gasteiger charge is 2.06. The first-order valence-electron chi connectivity index (χ1n) is 13.0. The Morgan fingerprint density at radius 2 is 1.55 bits per heavy atom. The van der Waals surface area contributed by atoms with Gasteiger partial charge in [0.2, 0.25) is 0 Å². The van der Waals surface area contributed by atoms with Crippen molar-refractivity contribution in [1.82, 2.24) is 5.32 Å². The Balaban J connectivity index is 2.12. The van der Waals surface area contributed by atoms with E-state index in [2.05, 4.69) is 48.9 Å². The summed E-state index contributed by atoms with van der Waals surface area (Å²) in [6, 6.07) is 6.53. The number of nitrogens with one attached hydrogen (secondary N) is 2. The van der Waals surface area contributed by atoms with Crippen LogP contribution in [0.15, 0.2) is 18.2 Å². The lowest BCUT2D eigenvalue weighted by atomic mass is 10.1. The molecule has 1 rings (SSSR count). The maximum Gasteiger partial charge on any atom is 0.106 e. The molecule has 1 aromatic rings. The van der Waals surface area contributed by atoms with Gasteiger partial charge >= 0.3 is 0 Å². The Morgan fingerprint density at radius 1 is 0.848 bits per heavy atom. The molecule has 0 amide bonds. The van der Waals surface area contributed by atoms with Crippen LogP contribution in [-0.2, 0) is 15.9 Å². The van der Waals surface area contributed by atoms with Gasteiger partial charge in [0, 0.05) is 50.8 Å². The summed E-state index contributed by atoms with van der Waals surface area (Å²) in [5.74, 6) is 1.16. The van der Waals surface area contributed by atoms with Crippen molar-refractivity contribution in [3.05, 3.63) is 29.3 Å². The van der Waals surface area contributed by atoms with Gasteiger partial charge < -0.3 is 20.1 Å². The first-order valence-corrected chi connectivity index (χ1v) is 14.8. The summed E-state index contributed by atoms with van der Waals surface area (Å²) >= 11 is 7.46. The molecule has 0 aliphatic rings. The SMILES string of the molecule is CCCCCCCOCCCOCCCCNc1cc(C(=S)NCCCSC)ccc1CC. The number of benzene rings is 1. The lowest BCUT2D eigenvalue weighted by Gasteiger charge is -2.14. The molecule has 4 nitrogen and oxygen atoms in total. The molecule has 0 spiro atoms. The molecule has 0 aliphatic heterocycles. The molecule has 0 radical (unpaired) electrons. The molecule has 0 bridgehead atoms. The molecular formula is C27H48N2O2S2. The predicted octanol–water partition coefficient (Wildman–Crippen LogP) is 6.85. The van der Waals surface area contributed by atoms with Gasteiger partial charge in [-0.1, -0.05) is 63.9 Å². The van der Waals surface area contributed by atoms with Crippen molar-refractivity contribution in [1.29, 1.82) is 0 Å². The van der Waals surface area contributed by atoms with Crippen LogP contribution in [0.3, 0.4) is 0 Å². The number of thiocarbonyl (C=S) groups is 1. The van der Waals surface area contributed by atoms with Crippen LogP contribution in [0, 0.1) is 0 Å². The third kappa shape index (κ3) is 15.7. The highest BCUT2D eigenvalue weighted by Crippen LogP contribution is 2.19. The Morgan fingerprint density at radius 3 is 2.24 bits per heavy atom. The topological polar surface area (TPSA) is 42.5 Å². The monoisotopic (exact) mass is 496 g/mol. The summed E-state index contributed by atoms with van der Waals surface area (Å²) in [5.41, 5.74) is 3.64. The quantitative estimate of drug-likeness (QED) is 0.135. The normalized spacial score (nSPS) is 11.0. The Hall–Kier alpha value is -0.820. The molecule has 0 fully saturated rings. The third-order valence-electron chi connectivity index (χ3n) is 5.56. The van der Waals surface area contributed by atoms with Crippen LogP contribution in [0.5, 0.6) is 0 Å². The number of unbranched alkanes of at least 4 members (excludes halogenated alkanes) is 5. The summed E-state index contributed by atoms with van der Waals surface area (Å²) in [6.45, 7) is 9.67. The standard InChI is InChI=1S/C27H48N2O2S2/c1-4-6-7-8-10-18-30-20-13-21-31-19-11-9-16-28-26-23-25(15-14-24(26)5-2)27(32)29-17-12-22-33-3/h14-15,23,28H,4-13,16-22H2,1-3H3,(H,29,32). The molecule has 2 N–H and O–H groups in total. The minimum Gasteiger partial charge on any atom is -0.385 e. The van der Waals surface area contributed by atoms with Crippen molar-refractivity contribution in [2.24, 2.45) is 0 Å². The van der Waals surface area contributed by atoms with E-state index in [9.17, 15) is 0 Å². The predicted molar refractivity (Wildman–Crippen MR) is 151 cm³/mol. The second-order valence-electron chi connectivity index (χ2n) is 8.45. The summed E-state index contributed by atoms with van der Waals surface area (Å²) < 4.78 is 11.4. The molecule has 0 aromatic heterocycles. The number of thioether (sulfide) groups is 1. The van der Waals surface area contributed by atoms with E-state index < -0.39 is 0 Å². The first kappa shape index (κ1) is 30.2. The molecule has 0 saturated heterocycles. The first-order chi connectivity index (χ1) is 16.2. The zero-order chi connectivity index (χ0) is 24.0. The largest absolute Gasteiger partial charge is 0.385 e. The average molecular weight is 497 g/mol. The van der Waals surface area contributed by atoms with Gasteiger partial charge in [0.15, 0.2) is 0 Å². The lowest BCUT2D eigenvalue weighted by Crippen LogP contribution is -2.24. The van der Waals surface area contributed by atoms with E-state index in [0.717, 1.165) is 87.9 Å². The van der Waals surface area contributed by atoms with Crippen LogP contribution in [0.25, 0.3) is 0 Å². The van der Waals surface area contributed by atoms with Crippen LogP contribution in [-0.4, -0.2) is 56.5 Å². The van der Waals surface area contributed by atoms with Crippen LogP contribution in [0.4, 0.5) is 5.69 Å². The zero-order valence-corrected chi connectivity index (χ0v) is 23.0. The van der Waals surface area contributed by atoms with Gasteiger partial charge in [-0.25, -0.2) is 0 Å². The minimum atomic E-state index is 0.798. The molecule has 0 unspecified atom stereocenters. The number of aryl methyl sites for hydroxylation is 1. The van der Waals surface area contributed by atoms with Crippen LogP contribution >= 0.6 is 24.0 Å². The van der Waals surface area contributed by atoms with E-state index in [1.807, 2.05) is 11.8 Å². The summed E-state index contributed by atoms with van der Waals surface area (Å²) in [4.78, 5) is 0.843. The number of rotatable bonds is 22. The Bertz CT molecular complexity index is 614. The summed E-state index contributed by atoms with van der Waals surface area (Å²) in [5, 5.41) is 7.00. The van der Waals surface area contributed by atoms with E-state index >= 15 is 0 Å². The fourth-order valence-electron chi connectivity index (χ4n) is 3.54. The van der Waals surface area contributed by atoms with E-state index in [-0.39, 0.29) is 0 Å². The number of ether oxygens (including phenoxy) is 2. The molecule has 0 heterocycles. The Labute approximate surface area is 213 Å². The van der Waals surface area contributed by atoms with Crippen molar-refractivity contribution in [2.45, 2.75) is 78.1 Å². The second-order valence-corrected chi connectivity index (χ2v) is 9.85. The molecule has 190 valence electrons. The molecule has 1 aromatic carbocycles. The lowest BCUT2D eigenvalue weighted by molar-refractivity contribution is 0.0799. The highest BCUT2D eigenvalue weighted by molar-refractivity contribution is 7.98. The van der Waals surface area contributed by atoms with E-state index in [1.54, 1.807) is 0 Å². The van der Waals surface area contributed by atoms with Gasteiger partial charge in [0.25, 0.3) is 0 Å². The fraction of sp³-hybridized carbons (Fsp3) is 0.741. The zero-order valence-electron chi connectivity index (χ0n) is 21.4. The number of hydrogen-bond acceptors (Lipinski definition) is 5. The van der Waals surface area contributed by atoms with Crippen molar-refractivity contribution < 1.29 is 9.47 Å². The van der Waals surface area contributed by atoms with Gasteiger partial charge in [-0.3, -0.25) is 0 Å². The van der Waals surface area contributed by atoms with E-state index in [0.29, 0.717) is 0 Å². The maximum absolute atomic E-state index is 5.76. The fourth-order valence-corrected chi connectivity index (χ4v) is 4.20. The average Bonchev–Trinajstić information content (AvgIpc) is 2.84. The maximum atomic E-state index is 5.76. The second kappa shape index (κ2) is 21.7.